The topological polar surface area (TPSA) is 12.4 Å². The monoisotopic (exact) mass is 137 g/mol. The zero-order valence-electron chi connectivity index (χ0n) is 7.02. The number of hydrogen-bond donors (Lipinski definition) is 0. The number of nitrogens with zero attached hydrogens (tertiary/aromatic N) is 1. The van der Waals surface area contributed by atoms with Crippen LogP contribution in [0, 0.1) is 5.41 Å². The van der Waals surface area contributed by atoms with Gasteiger partial charge in [0, 0.05) is 6.20 Å². The molecule has 0 radical (unpaired) electrons. The molecule has 10 heavy (non-hydrogen) atoms. The molecular weight excluding hydrogens is 122 g/mol. The Morgan fingerprint density at radius 2 is 1.90 bits per heavy atom. The highest BCUT2D eigenvalue weighted by Crippen LogP contribution is 2.23. The molecule has 0 bridgehead atoms. The molecule has 0 aromatic rings. The van der Waals surface area contributed by atoms with Crippen LogP contribution in [0.5, 0.6) is 0 Å². The van der Waals surface area contributed by atoms with Crippen LogP contribution in [0.25, 0.3) is 0 Å². The van der Waals surface area contributed by atoms with Crippen molar-refractivity contribution in [2.45, 2.75) is 20.8 Å². The molecule has 0 saturated carbocycles. The van der Waals surface area contributed by atoms with Gasteiger partial charge >= 0.3 is 0 Å². The summed E-state index contributed by atoms with van der Waals surface area (Å²) >= 11 is 0. The predicted octanol–water partition coefficient (Wildman–Crippen LogP) is 2.80. The molecule has 0 amide bonds. The molecule has 0 aromatic carbocycles. The maximum atomic E-state index is 3.89. The van der Waals surface area contributed by atoms with Crippen molar-refractivity contribution in [1.82, 2.24) is 0 Å². The van der Waals surface area contributed by atoms with Crippen molar-refractivity contribution in [3.05, 3.63) is 24.4 Å². The van der Waals surface area contributed by atoms with E-state index in [9.17, 15) is 0 Å². The lowest BCUT2D eigenvalue weighted by Crippen LogP contribution is -2.05. The van der Waals surface area contributed by atoms with E-state index in [4.69, 9.17) is 0 Å². The van der Waals surface area contributed by atoms with Gasteiger partial charge in [0.25, 0.3) is 0 Å². The van der Waals surface area contributed by atoms with Gasteiger partial charge in [0.1, 0.15) is 0 Å². The molecule has 0 rings (SSSR count). The normalized spacial score (nSPS) is 11.9. The van der Waals surface area contributed by atoms with Crippen LogP contribution < -0.4 is 0 Å². The molecule has 0 N–H and O–H groups in total. The smallest absolute Gasteiger partial charge is 0.0263 e. The molecule has 0 unspecified atom stereocenters. The van der Waals surface area contributed by atoms with Gasteiger partial charge in [-0.15, -0.1) is 0 Å². The minimum absolute atomic E-state index is 0.140. The Labute approximate surface area is 63.2 Å². The fourth-order valence-corrected chi connectivity index (χ4v) is 0.393. The van der Waals surface area contributed by atoms with Crippen molar-refractivity contribution in [3.63, 3.8) is 0 Å². The summed E-state index contributed by atoms with van der Waals surface area (Å²) in [5.41, 5.74) is 1.21. The van der Waals surface area contributed by atoms with Gasteiger partial charge < -0.3 is 0 Å². The number of allylic oxidation sites excluding steroid dienone is 2. The van der Waals surface area contributed by atoms with E-state index in [0.29, 0.717) is 0 Å². The van der Waals surface area contributed by atoms with Gasteiger partial charge in [-0.3, -0.25) is 4.99 Å². The Bertz CT molecular complexity index is 158. The fraction of sp³-hybridized carbons (Fsp3) is 0.444. The first kappa shape index (κ1) is 9.15. The minimum Gasteiger partial charge on any atom is -0.273 e. The van der Waals surface area contributed by atoms with E-state index in [1.54, 1.807) is 6.20 Å². The quantitative estimate of drug-likeness (QED) is 0.410. The molecule has 0 fully saturated rings. The molecule has 0 atom stereocenters. The summed E-state index contributed by atoms with van der Waals surface area (Å²) in [5.74, 6) is 0. The molecule has 0 spiro atoms. The summed E-state index contributed by atoms with van der Waals surface area (Å²) in [6.07, 6.45) is 3.54. The highest BCUT2D eigenvalue weighted by atomic mass is 14.6. The summed E-state index contributed by atoms with van der Waals surface area (Å²) < 4.78 is 0. The standard InChI is InChI=1S/C9H15N/c1-8(6-7-10-5)9(2,3)4/h6-7H,1,5H2,2-4H3/b7-6-. The van der Waals surface area contributed by atoms with Crippen LogP contribution in [0.15, 0.2) is 29.4 Å². The van der Waals surface area contributed by atoms with Crippen LogP contribution in [-0.4, -0.2) is 6.72 Å². The Morgan fingerprint density at radius 3 is 2.20 bits per heavy atom. The summed E-state index contributed by atoms with van der Waals surface area (Å²) in [4.78, 5) is 3.60. The first-order valence-electron chi connectivity index (χ1n) is 3.30. The average Bonchev–Trinajstić information content (AvgIpc) is 1.80. The second-order valence-electron chi connectivity index (χ2n) is 3.27. The molecule has 0 aliphatic heterocycles. The number of hydrogen-bond acceptors (Lipinski definition) is 1. The molecule has 1 nitrogen and oxygen atoms in total. The lowest BCUT2D eigenvalue weighted by molar-refractivity contribution is 0.519. The Kier molecular flexibility index (Phi) is 3.07. The van der Waals surface area contributed by atoms with Crippen molar-refractivity contribution >= 4 is 6.72 Å². The van der Waals surface area contributed by atoms with Crippen molar-refractivity contribution in [3.8, 4) is 0 Å². The fourth-order valence-electron chi connectivity index (χ4n) is 0.393. The van der Waals surface area contributed by atoms with Gasteiger partial charge in [-0.1, -0.05) is 27.4 Å². The van der Waals surface area contributed by atoms with Crippen molar-refractivity contribution in [2.75, 3.05) is 0 Å². The summed E-state index contributed by atoms with van der Waals surface area (Å²) in [7, 11) is 0. The highest BCUT2D eigenvalue weighted by Gasteiger charge is 2.11. The van der Waals surface area contributed by atoms with Crippen LogP contribution in [-0.2, 0) is 0 Å². The van der Waals surface area contributed by atoms with Crippen molar-refractivity contribution in [1.29, 1.82) is 0 Å². The molecule has 0 heterocycles. The van der Waals surface area contributed by atoms with E-state index < -0.39 is 0 Å². The third-order valence-corrected chi connectivity index (χ3v) is 1.34. The van der Waals surface area contributed by atoms with Gasteiger partial charge in [-0.25, -0.2) is 0 Å². The minimum atomic E-state index is 0.140. The predicted molar refractivity (Wildman–Crippen MR) is 47.3 cm³/mol. The molecule has 0 saturated heterocycles. The van der Waals surface area contributed by atoms with E-state index in [2.05, 4.69) is 39.1 Å². The molecule has 1 heteroatoms. The highest BCUT2D eigenvalue weighted by molar-refractivity contribution is 5.28. The van der Waals surface area contributed by atoms with E-state index in [-0.39, 0.29) is 5.41 Å². The van der Waals surface area contributed by atoms with Crippen molar-refractivity contribution < 1.29 is 0 Å². The lowest BCUT2D eigenvalue weighted by Gasteiger charge is -2.17. The van der Waals surface area contributed by atoms with Gasteiger partial charge in [-0.2, -0.15) is 0 Å². The zero-order chi connectivity index (χ0) is 8.20. The van der Waals surface area contributed by atoms with E-state index >= 15 is 0 Å². The Hall–Kier alpha value is -0.850. The molecule has 56 valence electrons. The van der Waals surface area contributed by atoms with Crippen LogP contribution in [0.4, 0.5) is 0 Å². The van der Waals surface area contributed by atoms with Crippen LogP contribution in [0.3, 0.4) is 0 Å². The van der Waals surface area contributed by atoms with Crippen LogP contribution in [0.1, 0.15) is 20.8 Å². The second-order valence-corrected chi connectivity index (χ2v) is 3.27. The molecular formula is C9H15N. The maximum Gasteiger partial charge on any atom is 0.0263 e. The first-order chi connectivity index (χ1) is 4.48. The van der Waals surface area contributed by atoms with Gasteiger partial charge in [-0.05, 0) is 23.8 Å². The van der Waals surface area contributed by atoms with Gasteiger partial charge in [0.2, 0.25) is 0 Å². The summed E-state index contributed by atoms with van der Waals surface area (Å²) in [6, 6.07) is 0. The Morgan fingerprint density at radius 1 is 1.40 bits per heavy atom. The van der Waals surface area contributed by atoms with E-state index in [0.717, 1.165) is 5.57 Å². The van der Waals surface area contributed by atoms with Crippen LogP contribution >= 0.6 is 0 Å². The third kappa shape index (κ3) is 3.23. The second kappa shape index (κ2) is 3.35. The summed E-state index contributed by atoms with van der Waals surface area (Å²) in [6.45, 7) is 13.6. The number of rotatable bonds is 2. The average molecular weight is 137 g/mol. The van der Waals surface area contributed by atoms with Crippen molar-refractivity contribution in [2.24, 2.45) is 10.4 Å². The largest absolute Gasteiger partial charge is 0.273 e. The van der Waals surface area contributed by atoms with E-state index in [1.807, 2.05) is 6.08 Å². The molecule has 0 aromatic heterocycles. The number of aliphatic imine (C=N–C) groups is 1. The lowest BCUT2D eigenvalue weighted by atomic mass is 9.88. The third-order valence-electron chi connectivity index (χ3n) is 1.34. The van der Waals surface area contributed by atoms with Crippen LogP contribution in [0.2, 0.25) is 0 Å². The zero-order valence-corrected chi connectivity index (χ0v) is 7.02. The van der Waals surface area contributed by atoms with Gasteiger partial charge in [0.15, 0.2) is 0 Å². The maximum absolute atomic E-state index is 3.89. The van der Waals surface area contributed by atoms with Gasteiger partial charge in [0.05, 0.1) is 0 Å². The SMILES string of the molecule is C=N/C=C\C(=C)C(C)(C)C. The molecule has 0 aliphatic carbocycles. The molecule has 0 aliphatic rings. The first-order valence-corrected chi connectivity index (χ1v) is 3.30. The Balaban J connectivity index is 4.11. The van der Waals surface area contributed by atoms with E-state index in [1.165, 1.54) is 0 Å². The summed E-state index contributed by atoms with van der Waals surface area (Å²) in [5, 5.41) is 0.